The first-order valence-electron chi connectivity index (χ1n) is 9.67. The molecule has 2 N–H and O–H groups in total. The van der Waals surface area contributed by atoms with Gasteiger partial charge in [0.25, 0.3) is 0 Å². The van der Waals surface area contributed by atoms with Gasteiger partial charge in [0.2, 0.25) is 0 Å². The minimum atomic E-state index is 0. The quantitative estimate of drug-likeness (QED) is 0.228. The zero-order valence-corrected chi connectivity index (χ0v) is 19.8. The minimum absolute atomic E-state index is 0. The Balaban J connectivity index is 0.00000392. The Morgan fingerprint density at radius 3 is 2.50 bits per heavy atom. The fraction of sp³-hybridized carbons (Fsp3) is 0.524. The molecule has 6 nitrogen and oxygen atoms in total. The molecule has 0 amide bonds. The second-order valence-electron chi connectivity index (χ2n) is 6.68. The van der Waals surface area contributed by atoms with Crippen molar-refractivity contribution in [1.82, 2.24) is 20.4 Å². The molecule has 0 aliphatic rings. The summed E-state index contributed by atoms with van der Waals surface area (Å²) in [5.74, 6) is 0.822. The first-order chi connectivity index (χ1) is 13.1. The second kappa shape index (κ2) is 13.5. The van der Waals surface area contributed by atoms with Crippen LogP contribution in [0.15, 0.2) is 35.3 Å². The summed E-state index contributed by atoms with van der Waals surface area (Å²) < 4.78 is 7.64. The molecular weight excluding hydrogens is 465 g/mol. The van der Waals surface area contributed by atoms with Crippen LogP contribution < -0.4 is 10.6 Å². The maximum atomic E-state index is 5.72. The molecule has 0 fully saturated rings. The van der Waals surface area contributed by atoms with Gasteiger partial charge in [0.05, 0.1) is 12.3 Å². The van der Waals surface area contributed by atoms with E-state index in [-0.39, 0.29) is 24.0 Å². The SMILES string of the molecule is CN=C(NCCCCOCCc1ccccc1)NCc1c(C)nn(C)c1C.I. The van der Waals surface area contributed by atoms with Crippen LogP contribution in [0, 0.1) is 13.8 Å². The molecule has 7 heteroatoms. The number of nitrogens with zero attached hydrogens (tertiary/aromatic N) is 3. The fourth-order valence-electron chi connectivity index (χ4n) is 2.94. The summed E-state index contributed by atoms with van der Waals surface area (Å²) in [6.45, 7) is 7.32. The van der Waals surface area contributed by atoms with Gasteiger partial charge < -0.3 is 15.4 Å². The summed E-state index contributed by atoms with van der Waals surface area (Å²) in [4.78, 5) is 4.29. The van der Waals surface area contributed by atoms with Crippen LogP contribution in [0.4, 0.5) is 0 Å². The van der Waals surface area contributed by atoms with Gasteiger partial charge in [0.15, 0.2) is 5.96 Å². The normalized spacial score (nSPS) is 11.2. The molecule has 1 aromatic heterocycles. The molecule has 2 rings (SSSR count). The van der Waals surface area contributed by atoms with Gasteiger partial charge >= 0.3 is 0 Å². The Morgan fingerprint density at radius 2 is 1.86 bits per heavy atom. The van der Waals surface area contributed by atoms with Crippen LogP contribution in [-0.4, -0.2) is 42.5 Å². The molecule has 0 bridgehead atoms. The largest absolute Gasteiger partial charge is 0.381 e. The van der Waals surface area contributed by atoms with Gasteiger partial charge in [-0.1, -0.05) is 30.3 Å². The number of aliphatic imine (C=N–C) groups is 1. The molecule has 28 heavy (non-hydrogen) atoms. The number of unbranched alkanes of at least 4 members (excludes halogenated alkanes) is 1. The first kappa shape index (κ1) is 24.4. The summed E-state index contributed by atoms with van der Waals surface area (Å²) in [6, 6.07) is 10.5. The average molecular weight is 499 g/mol. The van der Waals surface area contributed by atoms with Crippen LogP contribution in [0.25, 0.3) is 0 Å². The van der Waals surface area contributed by atoms with Crippen LogP contribution in [-0.2, 0) is 24.8 Å². The third-order valence-corrected chi connectivity index (χ3v) is 4.70. The van der Waals surface area contributed by atoms with E-state index in [4.69, 9.17) is 4.74 Å². The van der Waals surface area contributed by atoms with Gasteiger partial charge in [0, 0.05) is 45.0 Å². The molecule has 0 spiro atoms. The van der Waals surface area contributed by atoms with E-state index in [0.29, 0.717) is 0 Å². The van der Waals surface area contributed by atoms with Crippen molar-refractivity contribution in [2.45, 2.75) is 39.7 Å². The van der Waals surface area contributed by atoms with Crippen LogP contribution in [0.2, 0.25) is 0 Å². The molecule has 0 radical (unpaired) electrons. The molecular formula is C21H34IN5O. The highest BCUT2D eigenvalue weighted by Crippen LogP contribution is 2.10. The van der Waals surface area contributed by atoms with Crippen LogP contribution >= 0.6 is 24.0 Å². The van der Waals surface area contributed by atoms with E-state index in [2.05, 4.69) is 51.9 Å². The zero-order valence-electron chi connectivity index (χ0n) is 17.5. The first-order valence-corrected chi connectivity index (χ1v) is 9.67. The Hall–Kier alpha value is -1.61. The zero-order chi connectivity index (χ0) is 19.5. The third kappa shape index (κ3) is 8.18. The number of benzene rings is 1. The van der Waals surface area contributed by atoms with Gasteiger partial charge in [-0.25, -0.2) is 0 Å². The molecule has 1 heterocycles. The lowest BCUT2D eigenvalue weighted by atomic mass is 10.2. The summed E-state index contributed by atoms with van der Waals surface area (Å²) in [5.41, 5.74) is 4.80. The molecule has 0 unspecified atom stereocenters. The number of aryl methyl sites for hydroxylation is 2. The van der Waals surface area contributed by atoms with E-state index in [1.54, 1.807) is 7.05 Å². The number of aromatic nitrogens is 2. The van der Waals surface area contributed by atoms with E-state index in [0.717, 1.165) is 57.2 Å². The number of rotatable bonds is 10. The second-order valence-corrected chi connectivity index (χ2v) is 6.68. The fourth-order valence-corrected chi connectivity index (χ4v) is 2.94. The summed E-state index contributed by atoms with van der Waals surface area (Å²) >= 11 is 0. The van der Waals surface area contributed by atoms with Gasteiger partial charge in [-0.15, -0.1) is 24.0 Å². The molecule has 0 saturated heterocycles. The summed E-state index contributed by atoms with van der Waals surface area (Å²) in [6.07, 6.45) is 3.07. The molecule has 0 aliphatic carbocycles. The van der Waals surface area contributed by atoms with Gasteiger partial charge in [-0.3, -0.25) is 9.67 Å². The number of guanidine groups is 1. The van der Waals surface area contributed by atoms with Crippen molar-refractivity contribution in [3.05, 3.63) is 52.8 Å². The monoisotopic (exact) mass is 499 g/mol. The number of halogens is 1. The number of ether oxygens (including phenoxy) is 1. The van der Waals surface area contributed by atoms with Crippen molar-refractivity contribution in [3.63, 3.8) is 0 Å². The van der Waals surface area contributed by atoms with Crippen LogP contribution in [0.5, 0.6) is 0 Å². The molecule has 156 valence electrons. The smallest absolute Gasteiger partial charge is 0.191 e. The van der Waals surface area contributed by atoms with E-state index in [1.807, 2.05) is 24.7 Å². The summed E-state index contributed by atoms with van der Waals surface area (Å²) in [7, 11) is 3.77. The topological polar surface area (TPSA) is 63.5 Å². The Labute approximate surface area is 186 Å². The van der Waals surface area contributed by atoms with E-state index >= 15 is 0 Å². The highest BCUT2D eigenvalue weighted by Gasteiger charge is 2.09. The number of hydrogen-bond donors (Lipinski definition) is 2. The Bertz CT molecular complexity index is 715. The standard InChI is InChI=1S/C21H33N5O.HI/c1-17-20(18(2)26(4)25-17)16-24-21(22-3)23-13-8-9-14-27-15-12-19-10-6-5-7-11-19;/h5-7,10-11H,8-9,12-16H2,1-4H3,(H2,22,23,24);1H. The summed E-state index contributed by atoms with van der Waals surface area (Å²) in [5, 5.41) is 11.2. The predicted octanol–water partition coefficient (Wildman–Crippen LogP) is 3.36. The van der Waals surface area contributed by atoms with Crippen molar-refractivity contribution < 1.29 is 4.74 Å². The Morgan fingerprint density at radius 1 is 1.11 bits per heavy atom. The van der Waals surface area contributed by atoms with Crippen molar-refractivity contribution in [2.24, 2.45) is 12.0 Å². The molecule has 0 atom stereocenters. The maximum absolute atomic E-state index is 5.72. The van der Waals surface area contributed by atoms with Crippen LogP contribution in [0.1, 0.15) is 35.4 Å². The van der Waals surface area contributed by atoms with Crippen molar-refractivity contribution >= 4 is 29.9 Å². The van der Waals surface area contributed by atoms with Gasteiger partial charge in [-0.2, -0.15) is 5.10 Å². The van der Waals surface area contributed by atoms with Crippen LogP contribution in [0.3, 0.4) is 0 Å². The predicted molar refractivity (Wildman–Crippen MR) is 126 cm³/mol. The average Bonchev–Trinajstić information content (AvgIpc) is 2.92. The van der Waals surface area contributed by atoms with Crippen molar-refractivity contribution in [1.29, 1.82) is 0 Å². The highest BCUT2D eigenvalue weighted by molar-refractivity contribution is 14.0. The third-order valence-electron chi connectivity index (χ3n) is 4.70. The maximum Gasteiger partial charge on any atom is 0.191 e. The van der Waals surface area contributed by atoms with Crippen molar-refractivity contribution in [3.8, 4) is 0 Å². The molecule has 0 saturated carbocycles. The number of nitrogens with one attached hydrogen (secondary N) is 2. The van der Waals surface area contributed by atoms with Gasteiger partial charge in [-0.05, 0) is 38.7 Å². The van der Waals surface area contributed by atoms with Crippen molar-refractivity contribution in [2.75, 3.05) is 26.8 Å². The Kier molecular flexibility index (Phi) is 11.8. The molecule has 1 aromatic carbocycles. The van der Waals surface area contributed by atoms with E-state index < -0.39 is 0 Å². The van der Waals surface area contributed by atoms with Gasteiger partial charge in [0.1, 0.15) is 0 Å². The van der Waals surface area contributed by atoms with E-state index in [1.165, 1.54) is 16.8 Å². The molecule has 0 aliphatic heterocycles. The lowest BCUT2D eigenvalue weighted by Crippen LogP contribution is -2.37. The van der Waals surface area contributed by atoms with E-state index in [9.17, 15) is 0 Å². The highest BCUT2D eigenvalue weighted by atomic mass is 127. The minimum Gasteiger partial charge on any atom is -0.381 e. The number of hydrogen-bond acceptors (Lipinski definition) is 3. The molecule has 2 aromatic rings. The lowest BCUT2D eigenvalue weighted by Gasteiger charge is -2.12. The lowest BCUT2D eigenvalue weighted by molar-refractivity contribution is 0.133.